The van der Waals surface area contributed by atoms with E-state index in [1.165, 1.54) is 0 Å². The lowest BCUT2D eigenvalue weighted by Crippen LogP contribution is -2.44. The van der Waals surface area contributed by atoms with Gasteiger partial charge in [0.15, 0.2) is 5.69 Å². The maximum atomic E-state index is 12.0. The number of nitrogens with zero attached hydrogens (tertiary/aromatic N) is 2. The average molecular weight is 223 g/mol. The van der Waals surface area contributed by atoms with Gasteiger partial charge >= 0.3 is 0 Å². The maximum Gasteiger partial charge on any atom is 0.276 e. The fraction of sp³-hybridized carbons (Fsp3) is 0.636. The molecule has 0 spiro atoms. The lowest BCUT2D eigenvalue weighted by molar-refractivity contribution is 0.0692. The van der Waals surface area contributed by atoms with E-state index >= 15 is 0 Å². The lowest BCUT2D eigenvalue weighted by atomic mass is 10.1. The Morgan fingerprint density at radius 1 is 1.56 bits per heavy atom. The Morgan fingerprint density at radius 2 is 2.25 bits per heavy atom. The minimum Gasteiger partial charge on any atom is -0.361 e. The monoisotopic (exact) mass is 223 g/mol. The zero-order valence-electron chi connectivity index (χ0n) is 9.69. The third kappa shape index (κ3) is 2.24. The van der Waals surface area contributed by atoms with Gasteiger partial charge in [0.2, 0.25) is 0 Å². The summed E-state index contributed by atoms with van der Waals surface area (Å²) in [4.78, 5) is 13.8. The van der Waals surface area contributed by atoms with Crippen LogP contribution in [0.25, 0.3) is 0 Å². The van der Waals surface area contributed by atoms with Gasteiger partial charge in [-0.2, -0.15) is 0 Å². The molecule has 0 bridgehead atoms. The molecular weight excluding hydrogens is 206 g/mol. The first kappa shape index (κ1) is 11.1. The van der Waals surface area contributed by atoms with Gasteiger partial charge < -0.3 is 14.7 Å². The van der Waals surface area contributed by atoms with Gasteiger partial charge in [-0.05, 0) is 32.9 Å². The molecule has 2 rings (SSSR count). The molecule has 16 heavy (non-hydrogen) atoms. The highest BCUT2D eigenvalue weighted by Gasteiger charge is 2.24. The van der Waals surface area contributed by atoms with E-state index in [9.17, 15) is 4.79 Å². The van der Waals surface area contributed by atoms with Crippen molar-refractivity contribution >= 4 is 5.91 Å². The van der Waals surface area contributed by atoms with Crippen LogP contribution in [0.15, 0.2) is 10.6 Å². The van der Waals surface area contributed by atoms with Gasteiger partial charge in [0.1, 0.15) is 5.76 Å². The van der Waals surface area contributed by atoms with Crippen LogP contribution in [0.5, 0.6) is 0 Å². The van der Waals surface area contributed by atoms with E-state index in [0.717, 1.165) is 25.9 Å². The number of hydrogen-bond donors (Lipinski definition) is 1. The summed E-state index contributed by atoms with van der Waals surface area (Å²) in [6.45, 7) is 3.73. The van der Waals surface area contributed by atoms with Crippen molar-refractivity contribution in [3.8, 4) is 0 Å². The Bertz CT molecular complexity index is 369. The number of aryl methyl sites for hydroxylation is 1. The molecule has 1 aromatic rings. The van der Waals surface area contributed by atoms with Gasteiger partial charge in [-0.25, -0.2) is 0 Å². The SMILES string of the molecule is Cc1cc(C(=O)N(C)C2CCNCC2)no1. The van der Waals surface area contributed by atoms with Crippen molar-refractivity contribution in [2.75, 3.05) is 20.1 Å². The molecule has 1 aliphatic heterocycles. The number of amides is 1. The number of hydrogen-bond acceptors (Lipinski definition) is 4. The molecule has 1 fully saturated rings. The lowest BCUT2D eigenvalue weighted by Gasteiger charge is -2.31. The van der Waals surface area contributed by atoms with Gasteiger partial charge in [-0.1, -0.05) is 5.16 Å². The van der Waals surface area contributed by atoms with E-state index in [4.69, 9.17) is 4.52 Å². The van der Waals surface area contributed by atoms with E-state index in [1.54, 1.807) is 17.9 Å². The van der Waals surface area contributed by atoms with Crippen molar-refractivity contribution in [2.45, 2.75) is 25.8 Å². The number of carbonyl (C=O) groups excluding carboxylic acids is 1. The van der Waals surface area contributed by atoms with Crippen LogP contribution in [-0.2, 0) is 0 Å². The molecule has 0 atom stereocenters. The van der Waals surface area contributed by atoms with Crippen LogP contribution >= 0.6 is 0 Å². The zero-order valence-corrected chi connectivity index (χ0v) is 9.69. The minimum absolute atomic E-state index is 0.0521. The van der Waals surface area contributed by atoms with Crippen molar-refractivity contribution in [1.82, 2.24) is 15.4 Å². The molecule has 0 unspecified atom stereocenters. The third-order valence-corrected chi connectivity index (χ3v) is 3.02. The number of carbonyl (C=O) groups is 1. The first-order chi connectivity index (χ1) is 7.68. The molecule has 1 saturated heterocycles. The minimum atomic E-state index is -0.0521. The summed E-state index contributed by atoms with van der Waals surface area (Å²) in [5.74, 6) is 0.616. The molecule has 1 aliphatic rings. The van der Waals surface area contributed by atoms with Crippen LogP contribution in [0.2, 0.25) is 0 Å². The first-order valence-electron chi connectivity index (χ1n) is 5.59. The molecule has 1 N–H and O–H groups in total. The fourth-order valence-corrected chi connectivity index (χ4v) is 2.01. The van der Waals surface area contributed by atoms with Crippen LogP contribution < -0.4 is 5.32 Å². The summed E-state index contributed by atoms with van der Waals surface area (Å²) >= 11 is 0. The quantitative estimate of drug-likeness (QED) is 0.806. The Labute approximate surface area is 94.8 Å². The van der Waals surface area contributed by atoms with Crippen LogP contribution in [-0.4, -0.2) is 42.1 Å². The predicted molar refractivity (Wildman–Crippen MR) is 59.2 cm³/mol. The highest BCUT2D eigenvalue weighted by molar-refractivity contribution is 5.92. The van der Waals surface area contributed by atoms with Gasteiger partial charge in [-0.3, -0.25) is 4.79 Å². The highest BCUT2D eigenvalue weighted by Crippen LogP contribution is 2.13. The normalized spacial score (nSPS) is 17.4. The molecule has 5 heteroatoms. The standard InChI is InChI=1S/C11H17N3O2/c1-8-7-10(13-16-8)11(15)14(2)9-3-5-12-6-4-9/h7,9,12H,3-6H2,1-2H3. The topological polar surface area (TPSA) is 58.4 Å². The third-order valence-electron chi connectivity index (χ3n) is 3.02. The van der Waals surface area contributed by atoms with Crippen molar-refractivity contribution in [2.24, 2.45) is 0 Å². The van der Waals surface area contributed by atoms with E-state index < -0.39 is 0 Å². The van der Waals surface area contributed by atoms with Gasteiger partial charge in [-0.15, -0.1) is 0 Å². The van der Waals surface area contributed by atoms with Crippen molar-refractivity contribution in [1.29, 1.82) is 0 Å². The summed E-state index contributed by atoms with van der Waals surface area (Å²) < 4.78 is 4.91. The second kappa shape index (κ2) is 4.65. The van der Waals surface area contributed by atoms with E-state index in [-0.39, 0.29) is 5.91 Å². The Hall–Kier alpha value is -1.36. The smallest absolute Gasteiger partial charge is 0.276 e. The molecule has 0 aromatic carbocycles. The molecule has 88 valence electrons. The Kier molecular flexibility index (Phi) is 3.24. The van der Waals surface area contributed by atoms with Crippen molar-refractivity contribution in [3.63, 3.8) is 0 Å². The van der Waals surface area contributed by atoms with Crippen LogP contribution in [0.3, 0.4) is 0 Å². The average Bonchev–Trinajstić information content (AvgIpc) is 2.75. The fourth-order valence-electron chi connectivity index (χ4n) is 2.01. The van der Waals surface area contributed by atoms with Crippen LogP contribution in [0.4, 0.5) is 0 Å². The molecule has 5 nitrogen and oxygen atoms in total. The van der Waals surface area contributed by atoms with Crippen LogP contribution in [0.1, 0.15) is 29.1 Å². The molecule has 1 aromatic heterocycles. The molecule has 0 radical (unpaired) electrons. The van der Waals surface area contributed by atoms with Gasteiger partial charge in [0.25, 0.3) is 5.91 Å². The molecule has 0 saturated carbocycles. The van der Waals surface area contributed by atoms with E-state index in [0.29, 0.717) is 17.5 Å². The molecule has 1 amide bonds. The summed E-state index contributed by atoms with van der Waals surface area (Å²) in [6.07, 6.45) is 2.00. The number of rotatable bonds is 2. The molecule has 2 heterocycles. The van der Waals surface area contributed by atoms with Crippen molar-refractivity contribution in [3.05, 3.63) is 17.5 Å². The van der Waals surface area contributed by atoms with Gasteiger partial charge in [0.05, 0.1) is 0 Å². The van der Waals surface area contributed by atoms with Crippen molar-refractivity contribution < 1.29 is 9.32 Å². The Morgan fingerprint density at radius 3 is 2.81 bits per heavy atom. The predicted octanol–water partition coefficient (Wildman–Crippen LogP) is 0.807. The number of nitrogens with one attached hydrogen (secondary N) is 1. The summed E-state index contributed by atoms with van der Waals surface area (Å²) in [7, 11) is 1.84. The first-order valence-corrected chi connectivity index (χ1v) is 5.59. The second-order valence-corrected chi connectivity index (χ2v) is 4.22. The second-order valence-electron chi connectivity index (χ2n) is 4.22. The van der Waals surface area contributed by atoms with Gasteiger partial charge in [0, 0.05) is 19.2 Å². The highest BCUT2D eigenvalue weighted by atomic mass is 16.5. The summed E-state index contributed by atoms with van der Waals surface area (Å²) in [5, 5.41) is 7.03. The summed E-state index contributed by atoms with van der Waals surface area (Å²) in [6, 6.07) is 1.99. The zero-order chi connectivity index (χ0) is 11.5. The largest absolute Gasteiger partial charge is 0.361 e. The maximum absolute atomic E-state index is 12.0. The number of piperidine rings is 1. The van der Waals surface area contributed by atoms with E-state index in [2.05, 4.69) is 10.5 Å². The summed E-state index contributed by atoms with van der Waals surface area (Å²) in [5.41, 5.74) is 0.401. The Balaban J connectivity index is 2.03. The molecule has 0 aliphatic carbocycles. The van der Waals surface area contributed by atoms with Crippen LogP contribution in [0, 0.1) is 6.92 Å². The number of aromatic nitrogens is 1. The van der Waals surface area contributed by atoms with E-state index in [1.807, 2.05) is 7.05 Å². The molecular formula is C11H17N3O2.